The Kier molecular flexibility index (Phi) is 3.97. The Hall–Kier alpha value is -1.87. The normalized spacial score (nSPS) is 17.6. The Morgan fingerprint density at radius 3 is 3.05 bits per heavy atom. The van der Waals surface area contributed by atoms with E-state index < -0.39 is 0 Å². The van der Waals surface area contributed by atoms with Crippen molar-refractivity contribution in [2.75, 3.05) is 6.61 Å². The molecule has 0 saturated heterocycles. The molecule has 3 heteroatoms. The SMILES string of the molecule is NC1CCCc2cc(OCCc3ccccn3)ccc21. The Bertz CT molecular complexity index is 568. The smallest absolute Gasteiger partial charge is 0.119 e. The van der Waals surface area contributed by atoms with E-state index in [1.807, 2.05) is 30.5 Å². The van der Waals surface area contributed by atoms with E-state index in [1.165, 1.54) is 17.5 Å². The molecule has 1 aliphatic rings. The highest BCUT2D eigenvalue weighted by Crippen LogP contribution is 2.30. The maximum absolute atomic E-state index is 6.12. The molecule has 1 aliphatic carbocycles. The number of nitrogens with zero attached hydrogens (tertiary/aromatic N) is 1. The first-order valence-electron chi connectivity index (χ1n) is 7.24. The average Bonchev–Trinajstić information content (AvgIpc) is 2.48. The topological polar surface area (TPSA) is 48.1 Å². The zero-order valence-electron chi connectivity index (χ0n) is 11.6. The van der Waals surface area contributed by atoms with E-state index in [0.29, 0.717) is 6.61 Å². The van der Waals surface area contributed by atoms with Gasteiger partial charge in [0, 0.05) is 24.4 Å². The second kappa shape index (κ2) is 6.06. The number of aryl methyl sites for hydroxylation is 1. The van der Waals surface area contributed by atoms with E-state index >= 15 is 0 Å². The first-order valence-corrected chi connectivity index (χ1v) is 7.24. The third kappa shape index (κ3) is 2.99. The maximum atomic E-state index is 6.12. The van der Waals surface area contributed by atoms with Crippen LogP contribution >= 0.6 is 0 Å². The van der Waals surface area contributed by atoms with Gasteiger partial charge in [-0.25, -0.2) is 0 Å². The van der Waals surface area contributed by atoms with Gasteiger partial charge >= 0.3 is 0 Å². The van der Waals surface area contributed by atoms with Crippen LogP contribution in [0.4, 0.5) is 0 Å². The van der Waals surface area contributed by atoms with Crippen LogP contribution in [-0.2, 0) is 12.8 Å². The van der Waals surface area contributed by atoms with Gasteiger partial charge in [-0.3, -0.25) is 4.98 Å². The largest absolute Gasteiger partial charge is 0.493 e. The van der Waals surface area contributed by atoms with Crippen molar-refractivity contribution in [1.82, 2.24) is 4.98 Å². The van der Waals surface area contributed by atoms with Gasteiger partial charge in [0.2, 0.25) is 0 Å². The fraction of sp³-hybridized carbons (Fsp3) is 0.353. The summed E-state index contributed by atoms with van der Waals surface area (Å²) in [7, 11) is 0. The van der Waals surface area contributed by atoms with Crippen LogP contribution < -0.4 is 10.5 Å². The Balaban J connectivity index is 1.61. The minimum Gasteiger partial charge on any atom is -0.493 e. The first kappa shape index (κ1) is 13.1. The van der Waals surface area contributed by atoms with Gasteiger partial charge in [-0.2, -0.15) is 0 Å². The molecular formula is C17H20N2O. The van der Waals surface area contributed by atoms with Gasteiger partial charge in [0.15, 0.2) is 0 Å². The van der Waals surface area contributed by atoms with Crippen LogP contribution in [0.1, 0.15) is 35.7 Å². The molecule has 2 N–H and O–H groups in total. The summed E-state index contributed by atoms with van der Waals surface area (Å²) < 4.78 is 5.83. The van der Waals surface area contributed by atoms with Crippen molar-refractivity contribution in [3.8, 4) is 5.75 Å². The van der Waals surface area contributed by atoms with E-state index in [0.717, 1.165) is 30.7 Å². The van der Waals surface area contributed by atoms with Crippen LogP contribution in [0.3, 0.4) is 0 Å². The highest BCUT2D eigenvalue weighted by molar-refractivity contribution is 5.38. The molecule has 1 aromatic heterocycles. The first-order chi connectivity index (χ1) is 9.83. The number of rotatable bonds is 4. The molecule has 104 valence electrons. The average molecular weight is 268 g/mol. The number of ether oxygens (including phenoxy) is 1. The fourth-order valence-corrected chi connectivity index (χ4v) is 2.74. The van der Waals surface area contributed by atoms with Gasteiger partial charge in [0.25, 0.3) is 0 Å². The third-order valence-corrected chi connectivity index (χ3v) is 3.83. The van der Waals surface area contributed by atoms with Gasteiger partial charge in [0.1, 0.15) is 5.75 Å². The van der Waals surface area contributed by atoms with Crippen LogP contribution in [0.5, 0.6) is 5.75 Å². The number of pyridine rings is 1. The lowest BCUT2D eigenvalue weighted by atomic mass is 9.88. The molecule has 0 saturated carbocycles. The molecule has 1 aromatic carbocycles. The van der Waals surface area contributed by atoms with E-state index in [1.54, 1.807) is 0 Å². The minimum absolute atomic E-state index is 0.196. The van der Waals surface area contributed by atoms with Gasteiger partial charge in [-0.1, -0.05) is 12.1 Å². The number of nitrogens with two attached hydrogens (primary N) is 1. The zero-order valence-corrected chi connectivity index (χ0v) is 11.6. The molecule has 3 nitrogen and oxygen atoms in total. The molecule has 1 unspecified atom stereocenters. The quantitative estimate of drug-likeness (QED) is 0.927. The van der Waals surface area contributed by atoms with Crippen LogP contribution in [0.25, 0.3) is 0 Å². The van der Waals surface area contributed by atoms with E-state index in [2.05, 4.69) is 17.1 Å². The number of aromatic nitrogens is 1. The molecule has 0 radical (unpaired) electrons. The molecule has 0 fully saturated rings. The molecule has 3 rings (SSSR count). The van der Waals surface area contributed by atoms with E-state index in [4.69, 9.17) is 10.5 Å². The molecule has 1 atom stereocenters. The fourth-order valence-electron chi connectivity index (χ4n) is 2.74. The second-order valence-electron chi connectivity index (χ2n) is 5.28. The number of fused-ring (bicyclic) bond motifs is 1. The third-order valence-electron chi connectivity index (χ3n) is 3.83. The van der Waals surface area contributed by atoms with Crippen molar-refractivity contribution in [1.29, 1.82) is 0 Å². The van der Waals surface area contributed by atoms with Gasteiger partial charge in [-0.15, -0.1) is 0 Å². The summed E-state index contributed by atoms with van der Waals surface area (Å²) >= 11 is 0. The summed E-state index contributed by atoms with van der Waals surface area (Å²) in [6.07, 6.45) is 6.02. The Morgan fingerprint density at radius 2 is 2.20 bits per heavy atom. The monoisotopic (exact) mass is 268 g/mol. The van der Waals surface area contributed by atoms with Crippen LogP contribution in [0.2, 0.25) is 0 Å². The molecule has 2 aromatic rings. The van der Waals surface area contributed by atoms with Crippen LogP contribution in [0, 0.1) is 0 Å². The predicted molar refractivity (Wildman–Crippen MR) is 79.7 cm³/mol. The van der Waals surface area contributed by atoms with Crippen molar-refractivity contribution in [2.45, 2.75) is 31.7 Å². The van der Waals surface area contributed by atoms with E-state index in [-0.39, 0.29) is 6.04 Å². The number of hydrogen-bond acceptors (Lipinski definition) is 3. The Labute approximate surface area is 119 Å². The van der Waals surface area contributed by atoms with Crippen molar-refractivity contribution < 1.29 is 4.74 Å². The van der Waals surface area contributed by atoms with E-state index in [9.17, 15) is 0 Å². The molecule has 0 bridgehead atoms. The van der Waals surface area contributed by atoms with Crippen molar-refractivity contribution in [3.05, 3.63) is 59.4 Å². The van der Waals surface area contributed by atoms with Crippen molar-refractivity contribution in [3.63, 3.8) is 0 Å². The summed E-state index contributed by atoms with van der Waals surface area (Å²) in [5.41, 5.74) is 9.82. The lowest BCUT2D eigenvalue weighted by Crippen LogP contribution is -2.17. The zero-order chi connectivity index (χ0) is 13.8. The van der Waals surface area contributed by atoms with Gasteiger partial charge < -0.3 is 10.5 Å². The molecular weight excluding hydrogens is 248 g/mol. The molecule has 1 heterocycles. The van der Waals surface area contributed by atoms with Gasteiger partial charge in [0.05, 0.1) is 6.61 Å². The maximum Gasteiger partial charge on any atom is 0.119 e. The summed E-state index contributed by atoms with van der Waals surface area (Å²) in [5.74, 6) is 0.939. The highest BCUT2D eigenvalue weighted by Gasteiger charge is 2.16. The lowest BCUT2D eigenvalue weighted by Gasteiger charge is -2.22. The Morgan fingerprint density at radius 1 is 1.25 bits per heavy atom. The molecule has 20 heavy (non-hydrogen) atoms. The van der Waals surface area contributed by atoms with Crippen LogP contribution in [-0.4, -0.2) is 11.6 Å². The highest BCUT2D eigenvalue weighted by atomic mass is 16.5. The summed E-state index contributed by atoms with van der Waals surface area (Å²) in [6.45, 7) is 0.655. The standard InChI is InChI=1S/C17H20N2O/c18-17-6-3-4-13-12-15(7-8-16(13)17)20-11-9-14-5-1-2-10-19-14/h1-2,5,7-8,10,12,17H,3-4,6,9,11,18H2. The summed E-state index contributed by atoms with van der Waals surface area (Å²) in [4.78, 5) is 4.29. The summed E-state index contributed by atoms with van der Waals surface area (Å²) in [5, 5.41) is 0. The van der Waals surface area contributed by atoms with Gasteiger partial charge in [-0.05, 0) is 54.7 Å². The minimum atomic E-state index is 0.196. The van der Waals surface area contributed by atoms with Crippen molar-refractivity contribution >= 4 is 0 Å². The second-order valence-corrected chi connectivity index (χ2v) is 5.28. The predicted octanol–water partition coefficient (Wildman–Crippen LogP) is 3.04. The van der Waals surface area contributed by atoms with Crippen molar-refractivity contribution in [2.24, 2.45) is 5.73 Å². The summed E-state index contributed by atoms with van der Waals surface area (Å²) in [6, 6.07) is 12.4. The molecule has 0 spiro atoms. The number of hydrogen-bond donors (Lipinski definition) is 1. The van der Waals surface area contributed by atoms with Crippen LogP contribution in [0.15, 0.2) is 42.6 Å². The molecule has 0 aliphatic heterocycles. The lowest BCUT2D eigenvalue weighted by molar-refractivity contribution is 0.319. The number of benzene rings is 1. The molecule has 0 amide bonds.